The zero-order chi connectivity index (χ0) is 28.9. The third kappa shape index (κ3) is 6.16. The maximum absolute atomic E-state index is 13.6. The van der Waals surface area contributed by atoms with Crippen molar-refractivity contribution >= 4 is 27.2 Å². The van der Waals surface area contributed by atoms with Gasteiger partial charge in [-0.2, -0.15) is 4.31 Å². The number of carbonyl (C=O) groups excluding carboxylic acids is 1. The minimum Gasteiger partial charge on any atom is -0.493 e. The van der Waals surface area contributed by atoms with Crippen molar-refractivity contribution in [2.45, 2.75) is 58.4 Å². The standard InChI is InChI=1S/C27H37N5O7S/c1-5-9-19-18-30(7-3)24-23(19)28-25(29-26(24)33)21-17-20(10-11-22(21)38-16-6-2)40(35,36)32-14-12-31(13-15-32)39-27(34)37-8-4/h10-11,17-18H,5-9,12-16H2,1-4H3,(H,28,29,33). The fourth-order valence-corrected chi connectivity index (χ4v) is 6.14. The summed E-state index contributed by atoms with van der Waals surface area (Å²) in [6.07, 6.45) is 3.55. The molecule has 218 valence electrons. The molecule has 1 saturated heterocycles. The van der Waals surface area contributed by atoms with Crippen LogP contribution in [0.2, 0.25) is 0 Å². The number of ether oxygens (including phenoxy) is 2. The van der Waals surface area contributed by atoms with Gasteiger partial charge in [0.15, 0.2) is 0 Å². The van der Waals surface area contributed by atoms with Crippen molar-refractivity contribution in [3.05, 3.63) is 40.3 Å². The molecule has 1 N–H and O–H groups in total. The number of piperazine rings is 1. The summed E-state index contributed by atoms with van der Waals surface area (Å²) in [7, 11) is -3.91. The van der Waals surface area contributed by atoms with Gasteiger partial charge in [-0.15, -0.1) is 5.06 Å². The number of aryl methyl sites for hydroxylation is 2. The van der Waals surface area contributed by atoms with E-state index in [-0.39, 0.29) is 49.1 Å². The summed E-state index contributed by atoms with van der Waals surface area (Å²) in [4.78, 5) is 37.7. The molecule has 0 bridgehead atoms. The Bertz CT molecular complexity index is 1510. The number of benzene rings is 1. The summed E-state index contributed by atoms with van der Waals surface area (Å²) < 4.78 is 41.2. The van der Waals surface area contributed by atoms with E-state index >= 15 is 0 Å². The van der Waals surface area contributed by atoms with Crippen molar-refractivity contribution in [2.75, 3.05) is 39.4 Å². The molecule has 1 fully saturated rings. The first-order valence-electron chi connectivity index (χ1n) is 13.7. The molecule has 0 spiro atoms. The number of nitrogens with zero attached hydrogens (tertiary/aromatic N) is 4. The van der Waals surface area contributed by atoms with Gasteiger partial charge in [-0.05, 0) is 50.5 Å². The molecule has 1 aliphatic heterocycles. The monoisotopic (exact) mass is 575 g/mol. The number of aromatic nitrogens is 3. The highest BCUT2D eigenvalue weighted by Gasteiger charge is 2.31. The summed E-state index contributed by atoms with van der Waals surface area (Å²) in [5.74, 6) is 0.683. The fraction of sp³-hybridized carbons (Fsp3) is 0.519. The topological polar surface area (TPSA) is 136 Å². The van der Waals surface area contributed by atoms with Crippen LogP contribution >= 0.6 is 0 Å². The quantitative estimate of drug-likeness (QED) is 0.340. The Balaban J connectivity index is 1.70. The zero-order valence-electron chi connectivity index (χ0n) is 23.4. The molecule has 12 nitrogen and oxygen atoms in total. The number of hydrogen-bond acceptors (Lipinski definition) is 9. The van der Waals surface area contributed by atoms with Gasteiger partial charge >= 0.3 is 6.16 Å². The van der Waals surface area contributed by atoms with Crippen LogP contribution in [0.15, 0.2) is 34.1 Å². The van der Waals surface area contributed by atoms with E-state index in [1.54, 1.807) is 13.0 Å². The molecule has 3 aromatic rings. The second kappa shape index (κ2) is 12.8. The summed E-state index contributed by atoms with van der Waals surface area (Å²) in [6, 6.07) is 4.60. The fourth-order valence-electron chi connectivity index (χ4n) is 4.69. The minimum atomic E-state index is -3.91. The molecular weight excluding hydrogens is 538 g/mol. The number of carbonyl (C=O) groups is 1. The first kappa shape index (κ1) is 29.6. The van der Waals surface area contributed by atoms with Gasteiger partial charge in [0.1, 0.15) is 17.1 Å². The second-order valence-corrected chi connectivity index (χ2v) is 11.4. The number of rotatable bonds is 11. The lowest BCUT2D eigenvalue weighted by molar-refractivity contribution is -0.139. The number of aromatic amines is 1. The molecule has 0 radical (unpaired) electrons. The van der Waals surface area contributed by atoms with Crippen molar-refractivity contribution in [3.8, 4) is 17.1 Å². The van der Waals surface area contributed by atoms with Crippen LogP contribution in [-0.2, 0) is 32.6 Å². The van der Waals surface area contributed by atoms with Crippen LogP contribution in [0.3, 0.4) is 0 Å². The molecule has 40 heavy (non-hydrogen) atoms. The molecule has 0 atom stereocenters. The van der Waals surface area contributed by atoms with E-state index in [0.717, 1.165) is 24.8 Å². The molecule has 0 amide bonds. The van der Waals surface area contributed by atoms with E-state index in [1.165, 1.54) is 21.5 Å². The minimum absolute atomic E-state index is 0.0498. The van der Waals surface area contributed by atoms with E-state index in [2.05, 4.69) is 11.9 Å². The normalized spacial score (nSPS) is 14.9. The summed E-state index contributed by atoms with van der Waals surface area (Å²) in [5.41, 5.74) is 2.17. The predicted octanol–water partition coefficient (Wildman–Crippen LogP) is 3.55. The molecular formula is C27H37N5O7S. The summed E-state index contributed by atoms with van der Waals surface area (Å²) >= 11 is 0. The van der Waals surface area contributed by atoms with Gasteiger partial charge in [-0.1, -0.05) is 20.3 Å². The highest BCUT2D eigenvalue weighted by Crippen LogP contribution is 2.33. The van der Waals surface area contributed by atoms with Crippen LogP contribution in [0, 0.1) is 0 Å². The zero-order valence-corrected chi connectivity index (χ0v) is 24.3. The van der Waals surface area contributed by atoms with Gasteiger partial charge in [0.25, 0.3) is 5.56 Å². The van der Waals surface area contributed by atoms with Crippen LogP contribution in [0.1, 0.15) is 46.1 Å². The van der Waals surface area contributed by atoms with Crippen molar-refractivity contribution in [1.82, 2.24) is 23.9 Å². The number of fused-ring (bicyclic) bond motifs is 1. The first-order chi connectivity index (χ1) is 19.2. The molecule has 4 rings (SSSR count). The Labute approximate surface area is 233 Å². The molecule has 0 aliphatic carbocycles. The van der Waals surface area contributed by atoms with Crippen LogP contribution in [-0.4, -0.2) is 77.9 Å². The van der Waals surface area contributed by atoms with Crippen molar-refractivity contribution in [3.63, 3.8) is 0 Å². The second-order valence-electron chi connectivity index (χ2n) is 9.42. The number of hydrogen-bond donors (Lipinski definition) is 1. The van der Waals surface area contributed by atoms with Gasteiger partial charge < -0.3 is 23.9 Å². The predicted molar refractivity (Wildman–Crippen MR) is 150 cm³/mol. The van der Waals surface area contributed by atoms with E-state index < -0.39 is 16.2 Å². The van der Waals surface area contributed by atoms with Crippen LogP contribution in [0.25, 0.3) is 22.4 Å². The number of sulfonamides is 1. The lowest BCUT2D eigenvalue weighted by Crippen LogP contribution is -2.49. The molecule has 1 aliphatic rings. The average Bonchev–Trinajstić information content (AvgIpc) is 3.30. The smallest absolute Gasteiger partial charge is 0.493 e. The molecule has 2 aromatic heterocycles. The maximum Gasteiger partial charge on any atom is 0.527 e. The molecule has 3 heterocycles. The summed E-state index contributed by atoms with van der Waals surface area (Å²) in [5, 5.41) is 1.39. The van der Waals surface area contributed by atoms with Crippen LogP contribution in [0.4, 0.5) is 4.79 Å². The third-order valence-corrected chi connectivity index (χ3v) is 8.52. The Morgan fingerprint density at radius 1 is 1.07 bits per heavy atom. The molecule has 13 heteroatoms. The van der Waals surface area contributed by atoms with Gasteiger partial charge in [0.05, 0.1) is 29.2 Å². The van der Waals surface area contributed by atoms with Crippen molar-refractivity contribution in [1.29, 1.82) is 0 Å². The van der Waals surface area contributed by atoms with Gasteiger partial charge in [0.2, 0.25) is 10.0 Å². The number of nitrogens with one attached hydrogen (secondary N) is 1. The SMILES string of the molecule is CCCOc1ccc(S(=O)(=O)N2CCN(OC(=O)OCC)CC2)cc1-c1nc2c(CCC)cn(CC)c2c(=O)[nH]1. The maximum atomic E-state index is 13.6. The van der Waals surface area contributed by atoms with Crippen molar-refractivity contribution in [2.24, 2.45) is 0 Å². The Kier molecular flexibility index (Phi) is 9.48. The third-order valence-electron chi connectivity index (χ3n) is 6.63. The molecule has 0 saturated carbocycles. The lowest BCUT2D eigenvalue weighted by Gasteiger charge is -2.32. The van der Waals surface area contributed by atoms with Gasteiger partial charge in [-0.3, -0.25) is 4.79 Å². The van der Waals surface area contributed by atoms with Gasteiger partial charge in [0, 0.05) is 38.9 Å². The van der Waals surface area contributed by atoms with Crippen LogP contribution < -0.4 is 10.3 Å². The molecule has 1 aromatic carbocycles. The Morgan fingerprint density at radius 2 is 1.82 bits per heavy atom. The number of H-pyrrole nitrogens is 1. The Hall–Kier alpha value is -3.42. The van der Waals surface area contributed by atoms with E-state index in [0.29, 0.717) is 35.5 Å². The molecule has 0 unspecified atom stereocenters. The van der Waals surface area contributed by atoms with Crippen molar-refractivity contribution < 1.29 is 27.5 Å². The Morgan fingerprint density at radius 3 is 2.48 bits per heavy atom. The highest BCUT2D eigenvalue weighted by atomic mass is 32.2. The lowest BCUT2D eigenvalue weighted by atomic mass is 10.1. The highest BCUT2D eigenvalue weighted by molar-refractivity contribution is 7.89. The average molecular weight is 576 g/mol. The van der Waals surface area contributed by atoms with Crippen LogP contribution in [0.5, 0.6) is 5.75 Å². The van der Waals surface area contributed by atoms with E-state index in [1.807, 2.05) is 24.6 Å². The number of hydroxylamine groups is 2. The van der Waals surface area contributed by atoms with E-state index in [9.17, 15) is 18.0 Å². The van der Waals surface area contributed by atoms with E-state index in [4.69, 9.17) is 19.3 Å². The van der Waals surface area contributed by atoms with Gasteiger partial charge in [-0.25, -0.2) is 18.2 Å². The summed E-state index contributed by atoms with van der Waals surface area (Å²) in [6.45, 7) is 9.55. The first-order valence-corrected chi connectivity index (χ1v) is 15.2. The largest absolute Gasteiger partial charge is 0.527 e.